The lowest BCUT2D eigenvalue weighted by atomic mass is 10.1. The van der Waals surface area contributed by atoms with Crippen LogP contribution in [-0.2, 0) is 0 Å². The van der Waals surface area contributed by atoms with E-state index in [2.05, 4.69) is 10.3 Å². The summed E-state index contributed by atoms with van der Waals surface area (Å²) >= 11 is 1.36. The van der Waals surface area contributed by atoms with E-state index in [1.807, 2.05) is 12.1 Å². The fourth-order valence-electron chi connectivity index (χ4n) is 2.61. The molecule has 0 saturated heterocycles. The summed E-state index contributed by atoms with van der Waals surface area (Å²) in [6.45, 7) is 1.80. The van der Waals surface area contributed by atoms with Crippen LogP contribution in [0.15, 0.2) is 47.8 Å². The van der Waals surface area contributed by atoms with Crippen molar-refractivity contribution in [2.75, 3.05) is 14.2 Å². The molecule has 0 bridgehead atoms. The van der Waals surface area contributed by atoms with Gasteiger partial charge in [-0.15, -0.1) is 11.3 Å². The normalized spacial score (nSPS) is 11.7. The summed E-state index contributed by atoms with van der Waals surface area (Å²) < 4.78 is 23.9. The van der Waals surface area contributed by atoms with Gasteiger partial charge in [0.05, 0.1) is 20.3 Å². The average Bonchev–Trinajstić information content (AvgIpc) is 3.17. The van der Waals surface area contributed by atoms with E-state index in [0.29, 0.717) is 27.8 Å². The van der Waals surface area contributed by atoms with Crippen LogP contribution in [0, 0.1) is 5.82 Å². The lowest BCUT2D eigenvalue weighted by molar-refractivity contribution is 0.0935. The van der Waals surface area contributed by atoms with E-state index in [1.165, 1.54) is 23.5 Å². The van der Waals surface area contributed by atoms with Crippen molar-refractivity contribution in [2.45, 2.75) is 13.0 Å². The van der Waals surface area contributed by atoms with Gasteiger partial charge < -0.3 is 14.8 Å². The quantitative estimate of drug-likeness (QED) is 0.680. The molecule has 27 heavy (non-hydrogen) atoms. The predicted octanol–water partition coefficient (Wildman–Crippen LogP) is 4.46. The zero-order chi connectivity index (χ0) is 19.4. The highest BCUT2D eigenvalue weighted by Crippen LogP contribution is 2.33. The monoisotopic (exact) mass is 386 g/mol. The maximum absolute atomic E-state index is 13.4. The molecule has 1 N–H and O–H groups in total. The van der Waals surface area contributed by atoms with E-state index in [9.17, 15) is 9.18 Å². The molecule has 0 aliphatic rings. The Kier molecular flexibility index (Phi) is 5.71. The fraction of sp³-hybridized carbons (Fsp3) is 0.200. The number of carbonyl (C=O) groups is 1. The van der Waals surface area contributed by atoms with E-state index in [0.717, 1.165) is 5.56 Å². The van der Waals surface area contributed by atoms with Crippen molar-refractivity contribution in [3.8, 4) is 22.1 Å². The van der Waals surface area contributed by atoms with E-state index in [4.69, 9.17) is 9.47 Å². The third-order valence-electron chi connectivity index (χ3n) is 4.06. The number of benzene rings is 2. The third kappa shape index (κ3) is 4.25. The Labute approximate surface area is 160 Å². The molecule has 1 amide bonds. The number of ether oxygens (including phenoxy) is 2. The van der Waals surface area contributed by atoms with Gasteiger partial charge in [-0.2, -0.15) is 0 Å². The summed E-state index contributed by atoms with van der Waals surface area (Å²) in [5, 5.41) is 5.23. The molecule has 1 atom stereocenters. The molecule has 1 heterocycles. The third-order valence-corrected chi connectivity index (χ3v) is 4.95. The standard InChI is InChI=1S/C20H19FN2O3S/c1-12(13-5-4-6-15(21)9-13)22-19(24)16-11-27-20(23-16)14-7-8-17(25-2)18(10-14)26-3/h4-12H,1-3H3,(H,22,24). The van der Waals surface area contributed by atoms with Crippen molar-refractivity contribution in [1.29, 1.82) is 0 Å². The largest absolute Gasteiger partial charge is 0.493 e. The number of thiazole rings is 1. The summed E-state index contributed by atoms with van der Waals surface area (Å²) in [5.74, 6) is 0.573. The molecule has 0 radical (unpaired) electrons. The van der Waals surface area contributed by atoms with Gasteiger partial charge in [-0.1, -0.05) is 12.1 Å². The Morgan fingerprint density at radius 3 is 2.63 bits per heavy atom. The first-order valence-corrected chi connectivity index (χ1v) is 9.14. The minimum absolute atomic E-state index is 0.310. The van der Waals surface area contributed by atoms with Crippen molar-refractivity contribution in [2.24, 2.45) is 0 Å². The highest BCUT2D eigenvalue weighted by molar-refractivity contribution is 7.13. The van der Waals surface area contributed by atoms with Gasteiger partial charge in [0.15, 0.2) is 11.5 Å². The Balaban J connectivity index is 1.76. The molecular weight excluding hydrogens is 367 g/mol. The second kappa shape index (κ2) is 8.18. The number of nitrogens with one attached hydrogen (secondary N) is 1. The molecule has 1 aromatic heterocycles. The number of amides is 1. The van der Waals surface area contributed by atoms with Gasteiger partial charge in [-0.3, -0.25) is 4.79 Å². The lowest BCUT2D eigenvalue weighted by Crippen LogP contribution is -2.26. The molecule has 2 aromatic carbocycles. The smallest absolute Gasteiger partial charge is 0.271 e. The molecule has 3 rings (SSSR count). The van der Waals surface area contributed by atoms with Crippen LogP contribution in [0.5, 0.6) is 11.5 Å². The first-order valence-electron chi connectivity index (χ1n) is 8.26. The van der Waals surface area contributed by atoms with Gasteiger partial charge in [-0.05, 0) is 42.8 Å². The SMILES string of the molecule is COc1ccc(-c2nc(C(=O)NC(C)c3cccc(F)c3)cs2)cc1OC. The Morgan fingerprint density at radius 2 is 1.93 bits per heavy atom. The van der Waals surface area contributed by atoms with E-state index >= 15 is 0 Å². The van der Waals surface area contributed by atoms with Gasteiger partial charge >= 0.3 is 0 Å². The van der Waals surface area contributed by atoms with Crippen molar-refractivity contribution < 1.29 is 18.7 Å². The minimum Gasteiger partial charge on any atom is -0.493 e. The molecule has 5 nitrogen and oxygen atoms in total. The van der Waals surface area contributed by atoms with E-state index in [-0.39, 0.29) is 17.8 Å². The van der Waals surface area contributed by atoms with Crippen LogP contribution < -0.4 is 14.8 Å². The Hall–Kier alpha value is -2.93. The number of carbonyl (C=O) groups excluding carboxylic acids is 1. The Morgan fingerprint density at radius 1 is 1.15 bits per heavy atom. The number of hydrogen-bond donors (Lipinski definition) is 1. The van der Waals surface area contributed by atoms with Crippen LogP contribution >= 0.6 is 11.3 Å². The maximum atomic E-state index is 13.4. The highest BCUT2D eigenvalue weighted by atomic mass is 32.1. The first kappa shape index (κ1) is 18.8. The summed E-state index contributed by atoms with van der Waals surface area (Å²) in [7, 11) is 3.14. The van der Waals surface area contributed by atoms with Crippen molar-refractivity contribution in [3.63, 3.8) is 0 Å². The lowest BCUT2D eigenvalue weighted by Gasteiger charge is -2.13. The molecular formula is C20H19FN2O3S. The highest BCUT2D eigenvalue weighted by Gasteiger charge is 2.16. The fourth-order valence-corrected chi connectivity index (χ4v) is 3.41. The molecule has 7 heteroatoms. The topological polar surface area (TPSA) is 60.5 Å². The maximum Gasteiger partial charge on any atom is 0.271 e. The van der Waals surface area contributed by atoms with Crippen LogP contribution in [0.4, 0.5) is 4.39 Å². The molecule has 0 spiro atoms. The van der Waals surface area contributed by atoms with Gasteiger partial charge in [0, 0.05) is 10.9 Å². The first-order chi connectivity index (χ1) is 13.0. The number of halogens is 1. The number of rotatable bonds is 6. The molecule has 0 saturated carbocycles. The predicted molar refractivity (Wildman–Crippen MR) is 103 cm³/mol. The van der Waals surface area contributed by atoms with Crippen molar-refractivity contribution >= 4 is 17.2 Å². The second-order valence-electron chi connectivity index (χ2n) is 5.86. The average molecular weight is 386 g/mol. The minimum atomic E-state index is -0.335. The zero-order valence-electron chi connectivity index (χ0n) is 15.2. The number of nitrogens with zero attached hydrogens (tertiary/aromatic N) is 1. The van der Waals surface area contributed by atoms with Crippen molar-refractivity contribution in [3.05, 3.63) is 64.9 Å². The summed E-state index contributed by atoms with van der Waals surface area (Å²) in [6.07, 6.45) is 0. The molecule has 3 aromatic rings. The summed E-state index contributed by atoms with van der Waals surface area (Å²) in [4.78, 5) is 16.9. The Bertz CT molecular complexity index is 958. The molecule has 0 aliphatic carbocycles. The number of methoxy groups -OCH3 is 2. The summed E-state index contributed by atoms with van der Waals surface area (Å²) in [5.41, 5.74) is 1.83. The molecule has 1 unspecified atom stereocenters. The van der Waals surface area contributed by atoms with E-state index < -0.39 is 0 Å². The van der Waals surface area contributed by atoms with Crippen LogP contribution in [0.2, 0.25) is 0 Å². The van der Waals surface area contributed by atoms with Gasteiger partial charge in [0.1, 0.15) is 16.5 Å². The van der Waals surface area contributed by atoms with Crippen LogP contribution in [0.3, 0.4) is 0 Å². The van der Waals surface area contributed by atoms with Crippen LogP contribution in [0.25, 0.3) is 10.6 Å². The number of aromatic nitrogens is 1. The van der Waals surface area contributed by atoms with Gasteiger partial charge in [0.2, 0.25) is 0 Å². The molecule has 140 valence electrons. The second-order valence-corrected chi connectivity index (χ2v) is 6.72. The molecule has 0 fully saturated rings. The van der Waals surface area contributed by atoms with Crippen LogP contribution in [-0.4, -0.2) is 25.1 Å². The summed E-state index contributed by atoms with van der Waals surface area (Å²) in [6, 6.07) is 11.3. The number of hydrogen-bond acceptors (Lipinski definition) is 5. The van der Waals surface area contributed by atoms with E-state index in [1.54, 1.807) is 44.7 Å². The van der Waals surface area contributed by atoms with Gasteiger partial charge in [0.25, 0.3) is 5.91 Å². The zero-order valence-corrected chi connectivity index (χ0v) is 16.0. The van der Waals surface area contributed by atoms with Crippen molar-refractivity contribution in [1.82, 2.24) is 10.3 Å². The van der Waals surface area contributed by atoms with Gasteiger partial charge in [-0.25, -0.2) is 9.37 Å². The van der Waals surface area contributed by atoms with Crippen LogP contribution in [0.1, 0.15) is 29.0 Å². The molecule has 0 aliphatic heterocycles.